The summed E-state index contributed by atoms with van der Waals surface area (Å²) >= 11 is 0. The van der Waals surface area contributed by atoms with E-state index in [2.05, 4.69) is 60.2 Å². The number of fused-ring (bicyclic) bond motifs is 1. The van der Waals surface area contributed by atoms with Gasteiger partial charge in [0.05, 0.1) is 18.4 Å². The highest BCUT2D eigenvalue weighted by atomic mass is 15.4. The van der Waals surface area contributed by atoms with E-state index in [-0.39, 0.29) is 5.41 Å². The summed E-state index contributed by atoms with van der Waals surface area (Å²) in [5.41, 5.74) is 4.16. The van der Waals surface area contributed by atoms with Gasteiger partial charge in [0, 0.05) is 18.8 Å². The zero-order chi connectivity index (χ0) is 14.3. The predicted molar refractivity (Wildman–Crippen MR) is 80.7 cm³/mol. The van der Waals surface area contributed by atoms with Crippen molar-refractivity contribution in [2.75, 3.05) is 4.90 Å². The maximum absolute atomic E-state index is 4.03. The Bertz CT molecular complexity index is 614. The zero-order valence-electron chi connectivity index (χ0n) is 12.7. The van der Waals surface area contributed by atoms with Gasteiger partial charge in [-0.25, -0.2) is 0 Å². The number of anilines is 1. The van der Waals surface area contributed by atoms with E-state index in [0.29, 0.717) is 6.04 Å². The van der Waals surface area contributed by atoms with Crippen molar-refractivity contribution in [1.29, 1.82) is 0 Å². The quantitative estimate of drug-likeness (QED) is 0.841. The van der Waals surface area contributed by atoms with Gasteiger partial charge in [0.2, 0.25) is 0 Å². The number of hydrogen-bond acceptors (Lipinski definition) is 3. The van der Waals surface area contributed by atoms with E-state index in [1.807, 2.05) is 17.9 Å². The molecule has 106 valence electrons. The van der Waals surface area contributed by atoms with Gasteiger partial charge in [0.15, 0.2) is 0 Å². The highest BCUT2D eigenvalue weighted by Gasteiger charge is 2.35. The minimum atomic E-state index is 0.233. The molecule has 1 aromatic heterocycles. The maximum atomic E-state index is 4.03. The summed E-state index contributed by atoms with van der Waals surface area (Å²) in [7, 11) is 1.95. The minimum absolute atomic E-state index is 0.233. The average Bonchev–Trinajstić information content (AvgIpc) is 2.79. The standard InChI is InChI=1S/C16H22N4/c1-12-9-16(2,3)14-7-5-6-8-15(14)20(12)11-13-10-17-18-19(13)4/h5-8,10,12H,9,11H2,1-4H3/t12-/m1/s1. The number of nitrogens with zero attached hydrogens (tertiary/aromatic N) is 4. The number of benzene rings is 1. The molecule has 1 aliphatic rings. The van der Waals surface area contributed by atoms with Gasteiger partial charge in [0.1, 0.15) is 0 Å². The van der Waals surface area contributed by atoms with Crippen LogP contribution in [0.1, 0.15) is 38.4 Å². The van der Waals surface area contributed by atoms with Crippen molar-refractivity contribution in [2.24, 2.45) is 7.05 Å². The minimum Gasteiger partial charge on any atom is -0.363 e. The van der Waals surface area contributed by atoms with E-state index in [1.165, 1.54) is 11.3 Å². The first kappa shape index (κ1) is 13.2. The van der Waals surface area contributed by atoms with Crippen molar-refractivity contribution < 1.29 is 0 Å². The summed E-state index contributed by atoms with van der Waals surface area (Å²) in [4.78, 5) is 2.47. The molecule has 0 spiro atoms. The van der Waals surface area contributed by atoms with Crippen LogP contribution in [0, 0.1) is 0 Å². The number of rotatable bonds is 2. The summed E-state index contributed by atoms with van der Waals surface area (Å²) in [6.07, 6.45) is 3.02. The molecule has 3 rings (SSSR count). The van der Waals surface area contributed by atoms with Gasteiger partial charge >= 0.3 is 0 Å². The van der Waals surface area contributed by atoms with Crippen LogP contribution in [0.4, 0.5) is 5.69 Å². The van der Waals surface area contributed by atoms with Crippen LogP contribution in [0.25, 0.3) is 0 Å². The summed E-state index contributed by atoms with van der Waals surface area (Å²) < 4.78 is 1.86. The maximum Gasteiger partial charge on any atom is 0.0777 e. The zero-order valence-corrected chi connectivity index (χ0v) is 12.7. The van der Waals surface area contributed by atoms with Crippen molar-refractivity contribution in [1.82, 2.24) is 15.0 Å². The van der Waals surface area contributed by atoms with Crippen molar-refractivity contribution in [3.05, 3.63) is 41.7 Å². The van der Waals surface area contributed by atoms with Crippen LogP contribution in [-0.2, 0) is 19.0 Å². The summed E-state index contributed by atoms with van der Waals surface area (Å²) in [6.45, 7) is 7.84. The van der Waals surface area contributed by atoms with Crippen LogP contribution in [-0.4, -0.2) is 21.0 Å². The van der Waals surface area contributed by atoms with Crippen LogP contribution in [0.2, 0.25) is 0 Å². The highest BCUT2D eigenvalue weighted by molar-refractivity contribution is 5.59. The molecule has 0 saturated heterocycles. The van der Waals surface area contributed by atoms with Gasteiger partial charge in [-0.2, -0.15) is 0 Å². The number of aryl methyl sites for hydroxylation is 1. The largest absolute Gasteiger partial charge is 0.363 e. The Balaban J connectivity index is 2.01. The SMILES string of the molecule is C[C@@H]1CC(C)(C)c2ccccc2N1Cc1cnnn1C. The molecule has 4 nitrogen and oxygen atoms in total. The molecule has 0 unspecified atom stereocenters. The summed E-state index contributed by atoms with van der Waals surface area (Å²) in [5.74, 6) is 0. The van der Waals surface area contributed by atoms with E-state index in [9.17, 15) is 0 Å². The molecule has 0 saturated carbocycles. The van der Waals surface area contributed by atoms with Crippen molar-refractivity contribution >= 4 is 5.69 Å². The molecule has 0 N–H and O–H groups in total. The van der Waals surface area contributed by atoms with Crippen LogP contribution in [0.3, 0.4) is 0 Å². The average molecular weight is 270 g/mol. The van der Waals surface area contributed by atoms with Gasteiger partial charge in [-0.15, -0.1) is 5.10 Å². The lowest BCUT2D eigenvalue weighted by molar-refractivity contribution is 0.391. The van der Waals surface area contributed by atoms with Crippen LogP contribution < -0.4 is 4.90 Å². The number of hydrogen-bond donors (Lipinski definition) is 0. The predicted octanol–water partition coefficient (Wildman–Crippen LogP) is 2.89. The third-order valence-corrected chi connectivity index (χ3v) is 4.42. The fraction of sp³-hybridized carbons (Fsp3) is 0.500. The first-order valence-electron chi connectivity index (χ1n) is 7.19. The second-order valence-electron chi connectivity index (χ2n) is 6.43. The fourth-order valence-electron chi connectivity index (χ4n) is 3.36. The first-order valence-corrected chi connectivity index (χ1v) is 7.19. The molecule has 0 fully saturated rings. The molecule has 1 aliphatic heterocycles. The van der Waals surface area contributed by atoms with Gasteiger partial charge < -0.3 is 4.90 Å². The molecule has 2 aromatic rings. The number of para-hydroxylation sites is 1. The monoisotopic (exact) mass is 270 g/mol. The molecule has 0 radical (unpaired) electrons. The highest BCUT2D eigenvalue weighted by Crippen LogP contribution is 2.42. The molecule has 0 bridgehead atoms. The Morgan fingerprint density at radius 2 is 2.05 bits per heavy atom. The molecule has 0 aliphatic carbocycles. The van der Waals surface area contributed by atoms with Gasteiger partial charge in [-0.3, -0.25) is 4.68 Å². The van der Waals surface area contributed by atoms with Crippen molar-refractivity contribution in [2.45, 2.75) is 45.2 Å². The normalized spacial score (nSPS) is 20.8. The molecule has 1 aromatic carbocycles. The van der Waals surface area contributed by atoms with Crippen LogP contribution >= 0.6 is 0 Å². The Kier molecular flexibility index (Phi) is 3.04. The van der Waals surface area contributed by atoms with Gasteiger partial charge in [-0.05, 0) is 30.4 Å². The third-order valence-electron chi connectivity index (χ3n) is 4.42. The van der Waals surface area contributed by atoms with E-state index in [4.69, 9.17) is 0 Å². The van der Waals surface area contributed by atoms with Crippen molar-refractivity contribution in [3.63, 3.8) is 0 Å². The number of aromatic nitrogens is 3. The topological polar surface area (TPSA) is 34.0 Å². The molecular weight excluding hydrogens is 248 g/mol. The Morgan fingerprint density at radius 3 is 2.75 bits per heavy atom. The molecular formula is C16H22N4. The van der Waals surface area contributed by atoms with E-state index in [1.54, 1.807) is 0 Å². The third kappa shape index (κ3) is 2.09. The van der Waals surface area contributed by atoms with E-state index >= 15 is 0 Å². The Morgan fingerprint density at radius 1 is 1.30 bits per heavy atom. The summed E-state index contributed by atoms with van der Waals surface area (Å²) in [6, 6.07) is 9.27. The first-order chi connectivity index (χ1) is 9.49. The van der Waals surface area contributed by atoms with Crippen molar-refractivity contribution in [3.8, 4) is 0 Å². The molecule has 1 atom stereocenters. The second-order valence-corrected chi connectivity index (χ2v) is 6.43. The second kappa shape index (κ2) is 4.62. The van der Waals surface area contributed by atoms with Gasteiger partial charge in [-0.1, -0.05) is 37.3 Å². The lowest BCUT2D eigenvalue weighted by Crippen LogP contribution is -2.43. The molecule has 0 amide bonds. The Hall–Kier alpha value is -1.84. The Labute approximate surface area is 120 Å². The van der Waals surface area contributed by atoms with Crippen LogP contribution in [0.5, 0.6) is 0 Å². The molecule has 20 heavy (non-hydrogen) atoms. The van der Waals surface area contributed by atoms with E-state index in [0.717, 1.165) is 18.7 Å². The fourth-order valence-corrected chi connectivity index (χ4v) is 3.36. The summed E-state index contributed by atoms with van der Waals surface area (Å²) in [5, 5.41) is 8.01. The smallest absolute Gasteiger partial charge is 0.0777 e. The van der Waals surface area contributed by atoms with E-state index < -0.39 is 0 Å². The lowest BCUT2D eigenvalue weighted by Gasteiger charge is -2.44. The molecule has 2 heterocycles. The van der Waals surface area contributed by atoms with Gasteiger partial charge in [0.25, 0.3) is 0 Å². The van der Waals surface area contributed by atoms with Crippen LogP contribution in [0.15, 0.2) is 30.5 Å². The molecule has 4 heteroatoms. The lowest BCUT2D eigenvalue weighted by atomic mass is 9.75.